The van der Waals surface area contributed by atoms with Crippen molar-refractivity contribution in [2.24, 2.45) is 0 Å². The number of nitrogens with one attached hydrogen (secondary N) is 1. The van der Waals surface area contributed by atoms with E-state index in [-0.39, 0.29) is 6.04 Å². The van der Waals surface area contributed by atoms with E-state index in [1.165, 1.54) is 25.8 Å². The van der Waals surface area contributed by atoms with Crippen LogP contribution in [0.3, 0.4) is 0 Å². The molecule has 3 aromatic rings. The number of hydrogen-bond donors (Lipinski definition) is 1. The zero-order valence-corrected chi connectivity index (χ0v) is 16.1. The molecule has 1 heterocycles. The van der Waals surface area contributed by atoms with Gasteiger partial charge in [0.1, 0.15) is 12.4 Å². The third-order valence-electron chi connectivity index (χ3n) is 4.60. The summed E-state index contributed by atoms with van der Waals surface area (Å²) in [5.74, 6) is 0.950. The highest BCUT2D eigenvalue weighted by molar-refractivity contribution is 14.1. The van der Waals surface area contributed by atoms with Gasteiger partial charge in [-0.2, -0.15) is 0 Å². The second kappa shape index (κ2) is 7.58. The van der Waals surface area contributed by atoms with Crippen LogP contribution in [0.1, 0.15) is 28.3 Å². The lowest BCUT2D eigenvalue weighted by molar-refractivity contribution is 0.305. The maximum absolute atomic E-state index is 6.00. The Balaban J connectivity index is 1.56. The van der Waals surface area contributed by atoms with Crippen molar-refractivity contribution in [3.63, 3.8) is 0 Å². The van der Waals surface area contributed by atoms with Crippen molar-refractivity contribution in [1.82, 2.24) is 5.32 Å². The molecule has 0 bridgehead atoms. The Morgan fingerprint density at radius 2 is 1.84 bits per heavy atom. The molecular formula is C22H20INO. The zero-order chi connectivity index (χ0) is 17.1. The third kappa shape index (κ3) is 3.88. The first-order chi connectivity index (χ1) is 12.3. The fraction of sp³-hybridized carbons (Fsp3) is 0.182. The summed E-state index contributed by atoms with van der Waals surface area (Å²) >= 11 is 2.38. The summed E-state index contributed by atoms with van der Waals surface area (Å²) in [4.78, 5) is 0. The number of ether oxygens (including phenoxy) is 1. The second-order valence-electron chi connectivity index (χ2n) is 6.33. The molecule has 1 atom stereocenters. The van der Waals surface area contributed by atoms with Crippen molar-refractivity contribution < 1.29 is 4.74 Å². The van der Waals surface area contributed by atoms with Gasteiger partial charge in [0.05, 0.1) is 6.04 Å². The minimum atomic E-state index is 0.265. The van der Waals surface area contributed by atoms with Crippen LogP contribution in [0, 0.1) is 3.57 Å². The van der Waals surface area contributed by atoms with Gasteiger partial charge in [-0.1, -0.05) is 48.5 Å². The second-order valence-corrected chi connectivity index (χ2v) is 7.57. The van der Waals surface area contributed by atoms with E-state index < -0.39 is 0 Å². The van der Waals surface area contributed by atoms with Gasteiger partial charge in [-0.15, -0.1) is 0 Å². The summed E-state index contributed by atoms with van der Waals surface area (Å²) in [7, 11) is 0. The van der Waals surface area contributed by atoms with E-state index >= 15 is 0 Å². The summed E-state index contributed by atoms with van der Waals surface area (Å²) < 4.78 is 7.27. The quantitative estimate of drug-likeness (QED) is 0.569. The van der Waals surface area contributed by atoms with Crippen LogP contribution in [-0.2, 0) is 13.0 Å². The van der Waals surface area contributed by atoms with E-state index in [2.05, 4.69) is 82.5 Å². The monoisotopic (exact) mass is 441 g/mol. The lowest BCUT2D eigenvalue weighted by Gasteiger charge is -2.28. The number of hydrogen-bond acceptors (Lipinski definition) is 2. The Hall–Kier alpha value is -1.85. The van der Waals surface area contributed by atoms with E-state index in [1.807, 2.05) is 18.2 Å². The Morgan fingerprint density at radius 3 is 2.68 bits per heavy atom. The summed E-state index contributed by atoms with van der Waals surface area (Å²) in [6, 6.07) is 25.8. The lowest BCUT2D eigenvalue weighted by atomic mass is 9.90. The highest BCUT2D eigenvalue weighted by atomic mass is 127. The summed E-state index contributed by atoms with van der Waals surface area (Å²) in [5.41, 5.74) is 5.26. The van der Waals surface area contributed by atoms with Crippen molar-refractivity contribution in [3.8, 4) is 5.75 Å². The van der Waals surface area contributed by atoms with E-state index in [0.717, 1.165) is 18.7 Å². The van der Waals surface area contributed by atoms with Crippen molar-refractivity contribution in [1.29, 1.82) is 0 Å². The molecule has 3 heteroatoms. The van der Waals surface area contributed by atoms with Crippen LogP contribution in [0.15, 0.2) is 72.8 Å². The van der Waals surface area contributed by atoms with Crippen LogP contribution in [0.4, 0.5) is 0 Å². The SMILES string of the molecule is Ic1cccc(C2NCCc3cc(OCc4ccccc4)ccc32)c1. The van der Waals surface area contributed by atoms with Crippen LogP contribution < -0.4 is 10.1 Å². The molecule has 126 valence electrons. The van der Waals surface area contributed by atoms with Gasteiger partial charge in [-0.05, 0) is 75.5 Å². The molecule has 0 aliphatic carbocycles. The molecule has 1 aliphatic rings. The van der Waals surface area contributed by atoms with E-state index in [1.54, 1.807) is 0 Å². The summed E-state index contributed by atoms with van der Waals surface area (Å²) in [6.45, 7) is 1.60. The first-order valence-corrected chi connectivity index (χ1v) is 9.66. The predicted molar refractivity (Wildman–Crippen MR) is 110 cm³/mol. The van der Waals surface area contributed by atoms with Gasteiger partial charge in [0.2, 0.25) is 0 Å². The summed E-state index contributed by atoms with van der Waals surface area (Å²) in [6.07, 6.45) is 1.04. The molecule has 0 fully saturated rings. The Morgan fingerprint density at radius 1 is 0.960 bits per heavy atom. The standard InChI is InChI=1S/C22H20INO/c23-19-8-4-7-18(13-19)22-21-10-9-20(14-17(21)11-12-24-22)25-15-16-5-2-1-3-6-16/h1-10,13-14,22,24H,11-12,15H2. The average molecular weight is 441 g/mol. The largest absolute Gasteiger partial charge is 0.489 e. The normalized spacial score (nSPS) is 16.3. The molecule has 0 radical (unpaired) electrons. The number of halogens is 1. The van der Waals surface area contributed by atoms with Crippen LogP contribution in [0.25, 0.3) is 0 Å². The topological polar surface area (TPSA) is 21.3 Å². The molecule has 2 nitrogen and oxygen atoms in total. The average Bonchev–Trinajstić information content (AvgIpc) is 2.66. The van der Waals surface area contributed by atoms with E-state index in [4.69, 9.17) is 4.74 Å². The smallest absolute Gasteiger partial charge is 0.120 e. The Bertz CT molecular complexity index is 863. The third-order valence-corrected chi connectivity index (χ3v) is 5.27. The fourth-order valence-corrected chi connectivity index (χ4v) is 3.92. The van der Waals surface area contributed by atoms with Gasteiger partial charge in [0.15, 0.2) is 0 Å². The molecular weight excluding hydrogens is 421 g/mol. The predicted octanol–water partition coefficient (Wildman–Crippen LogP) is 5.11. The number of rotatable bonds is 4. The van der Waals surface area contributed by atoms with Crippen LogP contribution in [-0.4, -0.2) is 6.54 Å². The Kier molecular flexibility index (Phi) is 5.04. The Labute approximate surface area is 162 Å². The minimum Gasteiger partial charge on any atom is -0.489 e. The number of fused-ring (bicyclic) bond motifs is 1. The van der Waals surface area contributed by atoms with Crippen LogP contribution in [0.5, 0.6) is 5.75 Å². The highest BCUT2D eigenvalue weighted by Gasteiger charge is 2.21. The highest BCUT2D eigenvalue weighted by Crippen LogP contribution is 2.31. The van der Waals surface area contributed by atoms with E-state index in [0.29, 0.717) is 6.61 Å². The molecule has 0 aromatic heterocycles. The van der Waals surface area contributed by atoms with Crippen LogP contribution >= 0.6 is 22.6 Å². The molecule has 25 heavy (non-hydrogen) atoms. The maximum Gasteiger partial charge on any atom is 0.120 e. The summed E-state index contributed by atoms with van der Waals surface area (Å²) in [5, 5.41) is 3.65. The van der Waals surface area contributed by atoms with Gasteiger partial charge in [-0.25, -0.2) is 0 Å². The van der Waals surface area contributed by atoms with Crippen molar-refractivity contribution >= 4 is 22.6 Å². The minimum absolute atomic E-state index is 0.265. The molecule has 0 spiro atoms. The van der Waals surface area contributed by atoms with Crippen molar-refractivity contribution in [2.75, 3.05) is 6.54 Å². The van der Waals surface area contributed by atoms with Gasteiger partial charge in [-0.3, -0.25) is 0 Å². The van der Waals surface area contributed by atoms with Gasteiger partial charge in [0.25, 0.3) is 0 Å². The van der Waals surface area contributed by atoms with Crippen molar-refractivity contribution in [2.45, 2.75) is 19.1 Å². The van der Waals surface area contributed by atoms with Crippen molar-refractivity contribution in [3.05, 3.63) is 98.6 Å². The van der Waals surface area contributed by atoms with Gasteiger partial charge >= 0.3 is 0 Å². The van der Waals surface area contributed by atoms with Gasteiger partial charge < -0.3 is 10.1 Å². The molecule has 1 N–H and O–H groups in total. The molecule has 3 aromatic carbocycles. The molecule has 0 amide bonds. The van der Waals surface area contributed by atoms with Crippen LogP contribution in [0.2, 0.25) is 0 Å². The molecule has 1 aliphatic heterocycles. The maximum atomic E-state index is 6.00. The zero-order valence-electron chi connectivity index (χ0n) is 13.9. The molecule has 0 saturated carbocycles. The fourth-order valence-electron chi connectivity index (χ4n) is 3.36. The first kappa shape index (κ1) is 16.6. The van der Waals surface area contributed by atoms with Gasteiger partial charge in [0, 0.05) is 10.1 Å². The molecule has 0 saturated heterocycles. The van der Waals surface area contributed by atoms with E-state index in [9.17, 15) is 0 Å². The molecule has 1 unspecified atom stereocenters. The first-order valence-electron chi connectivity index (χ1n) is 8.58. The lowest BCUT2D eigenvalue weighted by Crippen LogP contribution is -2.30. The molecule has 4 rings (SSSR count). The number of benzene rings is 3.